The van der Waals surface area contributed by atoms with E-state index in [9.17, 15) is 9.18 Å². The Bertz CT molecular complexity index is 85.8. The Balaban J connectivity index is 2.08. The number of alkyl halides is 1. The van der Waals surface area contributed by atoms with E-state index < -0.39 is 6.17 Å². The van der Waals surface area contributed by atoms with Gasteiger partial charge < -0.3 is 5.32 Å². The third kappa shape index (κ3) is 0.885. The van der Waals surface area contributed by atoms with Gasteiger partial charge in [0.05, 0.1) is 6.04 Å². The van der Waals surface area contributed by atoms with Crippen LogP contribution in [0.15, 0.2) is 0 Å². The first kappa shape index (κ1) is 4.56. The summed E-state index contributed by atoms with van der Waals surface area (Å²) in [6.07, 6.45) is 0.258. The molecule has 1 N–H and O–H groups in total. The van der Waals surface area contributed by atoms with Crippen molar-refractivity contribution in [1.82, 2.24) is 5.32 Å². The largest absolute Gasteiger partial charge is 0.353 e. The van der Waals surface area contributed by atoms with Crippen molar-refractivity contribution in [3.05, 3.63) is 0 Å². The molecule has 1 saturated carbocycles. The number of amides is 1. The van der Waals surface area contributed by atoms with Crippen molar-refractivity contribution in [2.24, 2.45) is 0 Å². The maximum absolute atomic E-state index is 11.7. The number of carbonyl (C=O) groups is 1. The molecule has 1 unspecified atom stereocenters. The lowest BCUT2D eigenvalue weighted by molar-refractivity contribution is -0.109. The minimum absolute atomic E-state index is 0.169. The number of hydrogen-bond acceptors (Lipinski definition) is 1. The van der Waals surface area contributed by atoms with E-state index in [0.29, 0.717) is 12.8 Å². The van der Waals surface area contributed by atoms with Gasteiger partial charge in [0.1, 0.15) is 6.17 Å². The summed E-state index contributed by atoms with van der Waals surface area (Å²) in [5, 5.41) is 2.31. The fraction of sp³-hybridized carbons (Fsp3) is 0.750. The van der Waals surface area contributed by atoms with Gasteiger partial charge in [-0.15, -0.1) is 0 Å². The Labute approximate surface area is 40.7 Å². The van der Waals surface area contributed by atoms with Crippen molar-refractivity contribution in [2.75, 3.05) is 0 Å². The van der Waals surface area contributed by atoms with Crippen LogP contribution in [0.1, 0.15) is 6.42 Å². The van der Waals surface area contributed by atoms with Crippen molar-refractivity contribution in [3.63, 3.8) is 0 Å². The van der Waals surface area contributed by atoms with Crippen LogP contribution in [0.5, 0.6) is 0 Å². The first-order valence-corrected chi connectivity index (χ1v) is 2.18. The van der Waals surface area contributed by atoms with Crippen molar-refractivity contribution >= 4 is 6.41 Å². The van der Waals surface area contributed by atoms with E-state index in [-0.39, 0.29) is 6.04 Å². The van der Waals surface area contributed by atoms with E-state index >= 15 is 0 Å². The van der Waals surface area contributed by atoms with E-state index in [0.717, 1.165) is 0 Å². The number of halogens is 1. The molecule has 0 aromatic carbocycles. The summed E-state index contributed by atoms with van der Waals surface area (Å²) in [5.74, 6) is 0. The highest BCUT2D eigenvalue weighted by atomic mass is 19.1. The fourth-order valence-electron chi connectivity index (χ4n) is 0.424. The summed E-state index contributed by atoms with van der Waals surface area (Å²) in [5.41, 5.74) is 0. The zero-order chi connectivity index (χ0) is 5.28. The third-order valence-corrected chi connectivity index (χ3v) is 0.995. The van der Waals surface area contributed by atoms with E-state index in [2.05, 4.69) is 5.32 Å². The first-order valence-electron chi connectivity index (χ1n) is 2.18. The summed E-state index contributed by atoms with van der Waals surface area (Å²) >= 11 is 0. The van der Waals surface area contributed by atoms with E-state index in [1.165, 1.54) is 0 Å². The quantitative estimate of drug-likeness (QED) is 0.483. The van der Waals surface area contributed by atoms with Gasteiger partial charge in [0.2, 0.25) is 6.41 Å². The highest BCUT2D eigenvalue weighted by Gasteiger charge is 2.36. The normalized spacial score (nSPS) is 37.3. The molecular weight excluding hydrogens is 97.0 g/mol. The molecule has 0 bridgehead atoms. The summed E-state index contributed by atoms with van der Waals surface area (Å²) in [7, 11) is 0. The standard InChI is InChI=1S/C4H6FNO/c5-3-1-4(3)6-2-7/h2-4H,1H2,(H,6,7)/t3-,4?/m1/s1. The van der Waals surface area contributed by atoms with Crippen LogP contribution in [-0.4, -0.2) is 18.6 Å². The van der Waals surface area contributed by atoms with Crippen molar-refractivity contribution in [2.45, 2.75) is 18.6 Å². The minimum Gasteiger partial charge on any atom is -0.353 e. The summed E-state index contributed by atoms with van der Waals surface area (Å²) in [6, 6.07) is -0.169. The Morgan fingerprint density at radius 2 is 2.43 bits per heavy atom. The Morgan fingerprint density at radius 1 is 1.86 bits per heavy atom. The molecule has 3 heteroatoms. The zero-order valence-electron chi connectivity index (χ0n) is 3.73. The SMILES string of the molecule is O=CNC1C[C@H]1F. The van der Waals surface area contributed by atoms with Crippen LogP contribution in [0.25, 0.3) is 0 Å². The highest BCUT2D eigenvalue weighted by molar-refractivity contribution is 5.47. The van der Waals surface area contributed by atoms with Crippen LogP contribution in [0.2, 0.25) is 0 Å². The molecule has 0 aliphatic heterocycles. The van der Waals surface area contributed by atoms with Crippen molar-refractivity contribution < 1.29 is 9.18 Å². The van der Waals surface area contributed by atoms with Crippen LogP contribution in [0, 0.1) is 0 Å². The lowest BCUT2D eigenvalue weighted by atomic mass is 10.7. The Hall–Kier alpha value is -0.600. The van der Waals surface area contributed by atoms with Crippen LogP contribution in [0.3, 0.4) is 0 Å². The maximum Gasteiger partial charge on any atom is 0.207 e. The van der Waals surface area contributed by atoms with E-state index in [4.69, 9.17) is 0 Å². The molecule has 0 heterocycles. The van der Waals surface area contributed by atoms with E-state index in [1.54, 1.807) is 0 Å². The average Bonchev–Trinajstić information content (AvgIpc) is 2.22. The number of carbonyl (C=O) groups excluding carboxylic acids is 1. The molecule has 1 rings (SSSR count). The molecule has 1 fully saturated rings. The van der Waals surface area contributed by atoms with Gasteiger partial charge in [0, 0.05) is 6.42 Å². The average molecular weight is 103 g/mol. The zero-order valence-corrected chi connectivity index (χ0v) is 3.73. The summed E-state index contributed by atoms with van der Waals surface area (Å²) < 4.78 is 11.7. The number of hydrogen-bond donors (Lipinski definition) is 1. The van der Waals surface area contributed by atoms with Crippen LogP contribution in [-0.2, 0) is 4.79 Å². The van der Waals surface area contributed by atoms with Gasteiger partial charge in [0.15, 0.2) is 0 Å². The lowest BCUT2D eigenvalue weighted by Gasteiger charge is -1.84. The third-order valence-electron chi connectivity index (χ3n) is 0.995. The molecule has 0 radical (unpaired) electrons. The molecule has 0 saturated heterocycles. The minimum atomic E-state index is -0.773. The second-order valence-electron chi connectivity index (χ2n) is 1.64. The monoisotopic (exact) mass is 103 g/mol. The molecule has 2 nitrogen and oxygen atoms in total. The topological polar surface area (TPSA) is 29.1 Å². The molecule has 1 aliphatic carbocycles. The molecular formula is C4H6FNO. The molecule has 0 spiro atoms. The maximum atomic E-state index is 11.7. The fourth-order valence-corrected chi connectivity index (χ4v) is 0.424. The van der Waals surface area contributed by atoms with Crippen LogP contribution >= 0.6 is 0 Å². The molecule has 1 amide bonds. The first-order chi connectivity index (χ1) is 3.34. The number of rotatable bonds is 2. The van der Waals surface area contributed by atoms with Gasteiger partial charge in [0.25, 0.3) is 0 Å². The Morgan fingerprint density at radius 3 is 2.57 bits per heavy atom. The van der Waals surface area contributed by atoms with Gasteiger partial charge in [-0.1, -0.05) is 0 Å². The van der Waals surface area contributed by atoms with Crippen LogP contribution < -0.4 is 5.32 Å². The number of nitrogens with one attached hydrogen (secondary N) is 1. The molecule has 7 heavy (non-hydrogen) atoms. The lowest BCUT2D eigenvalue weighted by Crippen LogP contribution is -2.15. The second-order valence-corrected chi connectivity index (χ2v) is 1.64. The van der Waals surface area contributed by atoms with Crippen LogP contribution in [0.4, 0.5) is 4.39 Å². The molecule has 1 aliphatic rings. The van der Waals surface area contributed by atoms with Gasteiger partial charge in [-0.05, 0) is 0 Å². The van der Waals surface area contributed by atoms with Crippen molar-refractivity contribution in [1.29, 1.82) is 0 Å². The predicted molar refractivity (Wildman–Crippen MR) is 22.5 cm³/mol. The predicted octanol–water partition coefficient (Wildman–Crippen LogP) is -0.157. The van der Waals surface area contributed by atoms with E-state index in [1.807, 2.05) is 0 Å². The van der Waals surface area contributed by atoms with Crippen molar-refractivity contribution in [3.8, 4) is 0 Å². The van der Waals surface area contributed by atoms with Gasteiger partial charge >= 0.3 is 0 Å². The van der Waals surface area contributed by atoms with Gasteiger partial charge in [-0.3, -0.25) is 4.79 Å². The smallest absolute Gasteiger partial charge is 0.207 e. The highest BCUT2D eigenvalue weighted by Crippen LogP contribution is 2.23. The Kier molecular flexibility index (Phi) is 0.964. The molecule has 40 valence electrons. The second kappa shape index (κ2) is 1.48. The summed E-state index contributed by atoms with van der Waals surface area (Å²) in [4.78, 5) is 9.52. The summed E-state index contributed by atoms with van der Waals surface area (Å²) in [6.45, 7) is 0. The molecule has 0 aromatic heterocycles. The van der Waals surface area contributed by atoms with Gasteiger partial charge in [-0.25, -0.2) is 4.39 Å². The molecule has 2 atom stereocenters. The van der Waals surface area contributed by atoms with Gasteiger partial charge in [-0.2, -0.15) is 0 Å². The molecule has 0 aromatic rings.